The zero-order valence-electron chi connectivity index (χ0n) is 20.4. The third-order valence-corrected chi connectivity index (χ3v) is 8.04. The highest BCUT2D eigenvalue weighted by Gasteiger charge is 2.79. The highest BCUT2D eigenvalue weighted by molar-refractivity contribution is 5.99. The number of nitrogens with zero attached hydrogens (tertiary/aromatic N) is 1. The van der Waals surface area contributed by atoms with Crippen molar-refractivity contribution in [3.63, 3.8) is 0 Å². The van der Waals surface area contributed by atoms with E-state index < -0.39 is 29.1 Å². The molecule has 6 atom stereocenters. The largest absolute Gasteiger partial charge is 0.396 e. The topological polar surface area (TPSA) is 108 Å². The van der Waals surface area contributed by atoms with Gasteiger partial charge in [0.05, 0.1) is 17.4 Å². The van der Waals surface area contributed by atoms with Crippen molar-refractivity contribution < 1.29 is 24.2 Å². The van der Waals surface area contributed by atoms with Crippen molar-refractivity contribution >= 4 is 17.7 Å². The molecular weight excluding hydrogens is 434 g/mol. The lowest BCUT2D eigenvalue weighted by molar-refractivity contribution is -0.147. The summed E-state index contributed by atoms with van der Waals surface area (Å²) < 4.78 is 6.64. The Kier molecular flexibility index (Phi) is 7.01. The minimum atomic E-state index is -1.04. The number of benzene rings is 1. The number of aliphatic hydroxyl groups is 1. The molecule has 0 aromatic heterocycles. The zero-order chi connectivity index (χ0) is 24.5. The van der Waals surface area contributed by atoms with Crippen LogP contribution in [-0.4, -0.2) is 64.7 Å². The molecule has 4 rings (SSSR count). The molecule has 3 amide bonds. The third kappa shape index (κ3) is 3.90. The lowest BCUT2D eigenvalue weighted by Gasteiger charge is -2.36. The maximum absolute atomic E-state index is 13.8. The second-order valence-electron chi connectivity index (χ2n) is 10.2. The molecule has 2 bridgehead atoms. The van der Waals surface area contributed by atoms with Crippen LogP contribution in [0, 0.1) is 17.8 Å². The molecule has 8 nitrogen and oxygen atoms in total. The first kappa shape index (κ1) is 24.7. The lowest BCUT2D eigenvalue weighted by Crippen LogP contribution is -2.56. The van der Waals surface area contributed by atoms with Gasteiger partial charge in [-0.25, -0.2) is 0 Å². The van der Waals surface area contributed by atoms with E-state index in [1.165, 1.54) is 0 Å². The standard InChI is InChI=1S/C26H37N3O5/c1-4-5-12-27-23(32)21-26-15-17(2)25(3,34-26)19(20(26)24(33)29(21)13-9-14-30)22(31)28-16-18-10-7-6-8-11-18/h6-8,10-11,17,19-21,30H,4-5,9,12-16H2,1-3H3,(H,27,32)(H,28,31)/t17?,19-,20-,21?,25+,26?/m0/s1. The van der Waals surface area contributed by atoms with Gasteiger partial charge in [-0.2, -0.15) is 0 Å². The van der Waals surface area contributed by atoms with E-state index in [1.54, 1.807) is 4.90 Å². The molecule has 0 aliphatic carbocycles. The monoisotopic (exact) mass is 471 g/mol. The summed E-state index contributed by atoms with van der Waals surface area (Å²) >= 11 is 0. The summed E-state index contributed by atoms with van der Waals surface area (Å²) in [5.41, 5.74) is -0.888. The Hall–Kier alpha value is -2.45. The van der Waals surface area contributed by atoms with Crippen LogP contribution in [0.2, 0.25) is 0 Å². The summed E-state index contributed by atoms with van der Waals surface area (Å²) in [5, 5.41) is 15.4. The van der Waals surface area contributed by atoms with Gasteiger partial charge in [0.15, 0.2) is 0 Å². The number of unbranched alkanes of at least 4 members (excludes halogenated alkanes) is 1. The summed E-state index contributed by atoms with van der Waals surface area (Å²) in [4.78, 5) is 42.3. The van der Waals surface area contributed by atoms with E-state index in [-0.39, 0.29) is 36.8 Å². The van der Waals surface area contributed by atoms with Gasteiger partial charge < -0.3 is 25.4 Å². The van der Waals surface area contributed by atoms with E-state index in [9.17, 15) is 19.5 Å². The molecule has 1 aromatic rings. The molecule has 3 fully saturated rings. The van der Waals surface area contributed by atoms with E-state index >= 15 is 0 Å². The van der Waals surface area contributed by atoms with Crippen LogP contribution < -0.4 is 10.6 Å². The minimum Gasteiger partial charge on any atom is -0.396 e. The van der Waals surface area contributed by atoms with Gasteiger partial charge in [-0.3, -0.25) is 14.4 Å². The minimum absolute atomic E-state index is 0.00718. The molecule has 8 heteroatoms. The van der Waals surface area contributed by atoms with Gasteiger partial charge in [-0.1, -0.05) is 50.6 Å². The Morgan fingerprint density at radius 3 is 2.59 bits per heavy atom. The van der Waals surface area contributed by atoms with Crippen molar-refractivity contribution in [1.82, 2.24) is 15.5 Å². The number of aliphatic hydroxyl groups excluding tert-OH is 1. The van der Waals surface area contributed by atoms with Crippen LogP contribution in [0.25, 0.3) is 0 Å². The van der Waals surface area contributed by atoms with Crippen LogP contribution in [0.15, 0.2) is 30.3 Å². The molecule has 0 radical (unpaired) electrons. The second kappa shape index (κ2) is 9.66. The van der Waals surface area contributed by atoms with Gasteiger partial charge >= 0.3 is 0 Å². The number of rotatable bonds is 10. The number of carbonyl (C=O) groups excluding carboxylic acids is 3. The molecule has 1 aromatic carbocycles. The van der Waals surface area contributed by atoms with Crippen molar-refractivity contribution in [3.8, 4) is 0 Å². The fourth-order valence-corrected chi connectivity index (χ4v) is 6.30. The maximum Gasteiger partial charge on any atom is 0.245 e. The van der Waals surface area contributed by atoms with Crippen LogP contribution >= 0.6 is 0 Å². The molecule has 3 aliphatic heterocycles. The van der Waals surface area contributed by atoms with Crippen LogP contribution in [0.5, 0.6) is 0 Å². The van der Waals surface area contributed by atoms with Crippen molar-refractivity contribution in [2.45, 2.75) is 70.2 Å². The molecule has 3 aliphatic rings. The number of ether oxygens (including phenoxy) is 1. The van der Waals surface area contributed by atoms with Gasteiger partial charge in [0.2, 0.25) is 17.7 Å². The first-order chi connectivity index (χ1) is 16.3. The molecular formula is C26H37N3O5. The fraction of sp³-hybridized carbons (Fsp3) is 0.654. The first-order valence-corrected chi connectivity index (χ1v) is 12.5. The van der Waals surface area contributed by atoms with E-state index in [0.29, 0.717) is 25.9 Å². The number of carbonyl (C=O) groups is 3. The summed E-state index contributed by atoms with van der Waals surface area (Å²) in [7, 11) is 0. The first-order valence-electron chi connectivity index (χ1n) is 12.5. The summed E-state index contributed by atoms with van der Waals surface area (Å²) in [6, 6.07) is 8.84. The molecule has 34 heavy (non-hydrogen) atoms. The van der Waals surface area contributed by atoms with Gasteiger partial charge in [-0.15, -0.1) is 0 Å². The third-order valence-electron chi connectivity index (χ3n) is 8.04. The van der Waals surface area contributed by atoms with Crippen molar-refractivity contribution in [2.24, 2.45) is 17.8 Å². The van der Waals surface area contributed by atoms with Crippen molar-refractivity contribution in [3.05, 3.63) is 35.9 Å². The molecule has 3 heterocycles. The van der Waals surface area contributed by atoms with Crippen LogP contribution in [-0.2, 0) is 25.7 Å². The molecule has 3 unspecified atom stereocenters. The van der Waals surface area contributed by atoms with Crippen molar-refractivity contribution in [2.75, 3.05) is 19.7 Å². The summed E-state index contributed by atoms with van der Waals surface area (Å²) in [5.74, 6) is -2.06. The lowest BCUT2D eigenvalue weighted by atomic mass is 9.62. The predicted molar refractivity (Wildman–Crippen MR) is 126 cm³/mol. The number of amides is 3. The van der Waals surface area contributed by atoms with Crippen LogP contribution in [0.1, 0.15) is 52.0 Å². The average Bonchev–Trinajstić information content (AvgIpc) is 3.33. The predicted octanol–water partition coefficient (Wildman–Crippen LogP) is 1.61. The Morgan fingerprint density at radius 1 is 1.18 bits per heavy atom. The van der Waals surface area contributed by atoms with E-state index in [0.717, 1.165) is 18.4 Å². The SMILES string of the molecule is CCCCNC(=O)C1N(CCCO)C(=O)[C@@H]2[C@@H](C(=O)NCc3ccccc3)[C@]3(C)OC12CC3C. The number of fused-ring (bicyclic) bond motifs is 1. The van der Waals surface area contributed by atoms with E-state index in [2.05, 4.69) is 17.6 Å². The number of nitrogens with one attached hydrogen (secondary N) is 2. The summed E-state index contributed by atoms with van der Waals surface area (Å²) in [6.07, 6.45) is 2.70. The van der Waals surface area contributed by atoms with Crippen LogP contribution in [0.3, 0.4) is 0 Å². The Morgan fingerprint density at radius 2 is 1.91 bits per heavy atom. The quantitative estimate of drug-likeness (QED) is 0.450. The average molecular weight is 472 g/mol. The summed E-state index contributed by atoms with van der Waals surface area (Å²) in [6.45, 7) is 7.07. The molecule has 0 saturated carbocycles. The van der Waals surface area contributed by atoms with E-state index in [4.69, 9.17) is 4.74 Å². The molecule has 3 saturated heterocycles. The molecule has 1 spiro atoms. The molecule has 3 N–H and O–H groups in total. The van der Waals surface area contributed by atoms with Crippen molar-refractivity contribution in [1.29, 1.82) is 0 Å². The van der Waals surface area contributed by atoms with E-state index in [1.807, 2.05) is 44.2 Å². The Bertz CT molecular complexity index is 924. The van der Waals surface area contributed by atoms with Crippen LogP contribution in [0.4, 0.5) is 0 Å². The smallest absolute Gasteiger partial charge is 0.245 e. The Labute approximate surface area is 201 Å². The van der Waals surface area contributed by atoms with Gasteiger partial charge in [0, 0.05) is 26.2 Å². The normalized spacial score (nSPS) is 33.8. The highest BCUT2D eigenvalue weighted by atomic mass is 16.5. The highest BCUT2D eigenvalue weighted by Crippen LogP contribution is 2.65. The Balaban J connectivity index is 1.64. The molecule has 186 valence electrons. The van der Waals surface area contributed by atoms with Gasteiger partial charge in [0.1, 0.15) is 11.6 Å². The van der Waals surface area contributed by atoms with Gasteiger partial charge in [0.25, 0.3) is 0 Å². The maximum atomic E-state index is 13.8. The number of hydrogen-bond acceptors (Lipinski definition) is 5. The zero-order valence-corrected chi connectivity index (χ0v) is 20.4. The number of likely N-dealkylation sites (tertiary alicyclic amines) is 1. The fourth-order valence-electron chi connectivity index (χ4n) is 6.30. The van der Waals surface area contributed by atoms with Gasteiger partial charge in [-0.05, 0) is 37.7 Å². The second-order valence-corrected chi connectivity index (χ2v) is 10.2. The number of hydrogen-bond donors (Lipinski definition) is 3.